The Kier molecular flexibility index (Phi) is 3.48. The summed E-state index contributed by atoms with van der Waals surface area (Å²) in [4.78, 5) is 8.48. The van der Waals surface area contributed by atoms with Crippen molar-refractivity contribution in [2.45, 2.75) is 39.7 Å². The second-order valence-corrected chi connectivity index (χ2v) is 4.83. The summed E-state index contributed by atoms with van der Waals surface area (Å²) in [7, 11) is 0. The molecule has 0 unspecified atom stereocenters. The van der Waals surface area contributed by atoms with Crippen molar-refractivity contribution in [1.82, 2.24) is 9.97 Å². The lowest BCUT2D eigenvalue weighted by molar-refractivity contribution is 0.123. The fourth-order valence-electron chi connectivity index (χ4n) is 0.966. The molecule has 0 aliphatic rings. The SMILES string of the molecule is CCc1nc(Br)cc(OC(C)(C)C)n1. The topological polar surface area (TPSA) is 35.0 Å². The predicted molar refractivity (Wildman–Crippen MR) is 59.5 cm³/mol. The molecule has 78 valence electrons. The third kappa shape index (κ3) is 3.62. The first-order chi connectivity index (χ1) is 6.40. The van der Waals surface area contributed by atoms with E-state index in [1.807, 2.05) is 27.7 Å². The van der Waals surface area contributed by atoms with Crippen LogP contribution in [0.2, 0.25) is 0 Å². The quantitative estimate of drug-likeness (QED) is 0.766. The molecule has 0 aliphatic heterocycles. The number of halogens is 1. The van der Waals surface area contributed by atoms with Crippen LogP contribution < -0.4 is 4.74 Å². The number of hydrogen-bond donors (Lipinski definition) is 0. The van der Waals surface area contributed by atoms with Gasteiger partial charge in [0, 0.05) is 12.5 Å². The Labute approximate surface area is 93.0 Å². The molecule has 0 saturated carbocycles. The molecule has 0 aromatic carbocycles. The molecule has 0 radical (unpaired) electrons. The Bertz CT molecular complexity index is 320. The summed E-state index contributed by atoms with van der Waals surface area (Å²) < 4.78 is 6.41. The first kappa shape index (κ1) is 11.4. The van der Waals surface area contributed by atoms with Crippen LogP contribution in [0.4, 0.5) is 0 Å². The Hall–Kier alpha value is -0.640. The van der Waals surface area contributed by atoms with Crippen molar-refractivity contribution in [2.75, 3.05) is 0 Å². The minimum atomic E-state index is -0.223. The van der Waals surface area contributed by atoms with Crippen molar-refractivity contribution in [2.24, 2.45) is 0 Å². The van der Waals surface area contributed by atoms with Gasteiger partial charge in [-0.1, -0.05) is 6.92 Å². The van der Waals surface area contributed by atoms with Crippen LogP contribution in [0.1, 0.15) is 33.5 Å². The van der Waals surface area contributed by atoms with Gasteiger partial charge in [0.2, 0.25) is 5.88 Å². The van der Waals surface area contributed by atoms with Crippen LogP contribution in [0.3, 0.4) is 0 Å². The summed E-state index contributed by atoms with van der Waals surface area (Å²) in [5.41, 5.74) is -0.223. The summed E-state index contributed by atoms with van der Waals surface area (Å²) >= 11 is 3.33. The number of aryl methyl sites for hydroxylation is 1. The molecule has 0 fully saturated rings. The molecule has 14 heavy (non-hydrogen) atoms. The highest BCUT2D eigenvalue weighted by Crippen LogP contribution is 2.19. The number of ether oxygens (including phenoxy) is 1. The van der Waals surface area contributed by atoms with E-state index in [9.17, 15) is 0 Å². The van der Waals surface area contributed by atoms with Crippen molar-refractivity contribution < 1.29 is 4.74 Å². The third-order valence-electron chi connectivity index (χ3n) is 1.44. The van der Waals surface area contributed by atoms with E-state index in [1.165, 1.54) is 0 Å². The highest BCUT2D eigenvalue weighted by atomic mass is 79.9. The van der Waals surface area contributed by atoms with Crippen molar-refractivity contribution in [1.29, 1.82) is 0 Å². The standard InChI is InChI=1S/C10H15BrN2O/c1-5-8-12-7(11)6-9(13-8)14-10(2,3)4/h6H,5H2,1-4H3. The molecule has 0 spiro atoms. The Morgan fingerprint density at radius 2 is 2.00 bits per heavy atom. The fraction of sp³-hybridized carbons (Fsp3) is 0.600. The zero-order chi connectivity index (χ0) is 10.8. The summed E-state index contributed by atoms with van der Waals surface area (Å²) in [5.74, 6) is 1.41. The minimum Gasteiger partial charge on any atom is -0.472 e. The van der Waals surface area contributed by atoms with E-state index < -0.39 is 0 Å². The predicted octanol–water partition coefficient (Wildman–Crippen LogP) is 2.98. The van der Waals surface area contributed by atoms with Crippen LogP contribution in [-0.4, -0.2) is 15.6 Å². The maximum Gasteiger partial charge on any atom is 0.218 e. The number of hydrogen-bond acceptors (Lipinski definition) is 3. The molecule has 0 N–H and O–H groups in total. The molecule has 0 saturated heterocycles. The first-order valence-electron chi connectivity index (χ1n) is 4.63. The average Bonchev–Trinajstić information content (AvgIpc) is 1.99. The first-order valence-corrected chi connectivity index (χ1v) is 5.42. The van der Waals surface area contributed by atoms with Crippen molar-refractivity contribution in [3.63, 3.8) is 0 Å². The zero-order valence-corrected chi connectivity index (χ0v) is 10.6. The lowest BCUT2D eigenvalue weighted by Gasteiger charge is -2.20. The summed E-state index contributed by atoms with van der Waals surface area (Å²) in [6.45, 7) is 8.00. The van der Waals surface area contributed by atoms with Crippen molar-refractivity contribution in [3.05, 3.63) is 16.5 Å². The molecule has 0 aliphatic carbocycles. The normalized spacial score (nSPS) is 11.5. The number of nitrogens with zero attached hydrogens (tertiary/aromatic N) is 2. The molecule has 0 amide bonds. The van der Waals surface area contributed by atoms with Gasteiger partial charge in [-0.3, -0.25) is 0 Å². The second-order valence-electron chi connectivity index (χ2n) is 4.01. The Balaban J connectivity index is 2.92. The van der Waals surface area contributed by atoms with Gasteiger partial charge in [0.1, 0.15) is 16.0 Å². The van der Waals surface area contributed by atoms with Crippen LogP contribution in [0, 0.1) is 0 Å². The number of rotatable bonds is 2. The van der Waals surface area contributed by atoms with Crippen LogP contribution in [0.15, 0.2) is 10.7 Å². The lowest BCUT2D eigenvalue weighted by atomic mass is 10.2. The number of aromatic nitrogens is 2. The van der Waals surface area contributed by atoms with Crippen LogP contribution in [-0.2, 0) is 6.42 Å². The minimum absolute atomic E-state index is 0.223. The summed E-state index contributed by atoms with van der Waals surface area (Å²) in [5, 5.41) is 0. The van der Waals surface area contributed by atoms with E-state index in [1.54, 1.807) is 6.07 Å². The molecule has 0 bridgehead atoms. The van der Waals surface area contributed by atoms with Gasteiger partial charge in [0.15, 0.2) is 0 Å². The van der Waals surface area contributed by atoms with E-state index in [0.29, 0.717) is 5.88 Å². The van der Waals surface area contributed by atoms with Crippen molar-refractivity contribution in [3.8, 4) is 5.88 Å². The van der Waals surface area contributed by atoms with E-state index in [0.717, 1.165) is 16.8 Å². The lowest BCUT2D eigenvalue weighted by Crippen LogP contribution is -2.23. The average molecular weight is 259 g/mol. The highest BCUT2D eigenvalue weighted by molar-refractivity contribution is 9.10. The molecule has 1 heterocycles. The van der Waals surface area contributed by atoms with Gasteiger partial charge in [-0.05, 0) is 36.7 Å². The van der Waals surface area contributed by atoms with Gasteiger partial charge in [-0.2, -0.15) is 4.98 Å². The van der Waals surface area contributed by atoms with E-state index in [2.05, 4.69) is 25.9 Å². The van der Waals surface area contributed by atoms with Gasteiger partial charge in [-0.25, -0.2) is 4.98 Å². The summed E-state index contributed by atoms with van der Waals surface area (Å²) in [6, 6.07) is 1.78. The van der Waals surface area contributed by atoms with Gasteiger partial charge in [0.25, 0.3) is 0 Å². The monoisotopic (exact) mass is 258 g/mol. The van der Waals surface area contributed by atoms with Crippen LogP contribution in [0.5, 0.6) is 5.88 Å². The molecule has 1 aromatic rings. The zero-order valence-electron chi connectivity index (χ0n) is 8.97. The molecule has 1 rings (SSSR count). The molecule has 1 aromatic heterocycles. The largest absolute Gasteiger partial charge is 0.472 e. The van der Waals surface area contributed by atoms with E-state index >= 15 is 0 Å². The smallest absolute Gasteiger partial charge is 0.218 e. The fourth-order valence-corrected chi connectivity index (χ4v) is 1.37. The molecular weight excluding hydrogens is 244 g/mol. The van der Waals surface area contributed by atoms with Crippen molar-refractivity contribution >= 4 is 15.9 Å². The Morgan fingerprint density at radius 1 is 1.36 bits per heavy atom. The van der Waals surface area contributed by atoms with Gasteiger partial charge in [0.05, 0.1) is 0 Å². The molecule has 0 atom stereocenters. The second kappa shape index (κ2) is 4.26. The Morgan fingerprint density at radius 3 is 2.50 bits per heavy atom. The van der Waals surface area contributed by atoms with E-state index in [-0.39, 0.29) is 5.60 Å². The molecular formula is C10H15BrN2O. The maximum absolute atomic E-state index is 5.64. The van der Waals surface area contributed by atoms with E-state index in [4.69, 9.17) is 4.74 Å². The molecule has 4 heteroatoms. The molecule has 3 nitrogen and oxygen atoms in total. The summed E-state index contributed by atoms with van der Waals surface area (Å²) in [6.07, 6.45) is 0.805. The third-order valence-corrected chi connectivity index (χ3v) is 1.85. The highest BCUT2D eigenvalue weighted by Gasteiger charge is 2.13. The van der Waals surface area contributed by atoms with Crippen LogP contribution in [0.25, 0.3) is 0 Å². The maximum atomic E-state index is 5.64. The van der Waals surface area contributed by atoms with Gasteiger partial charge in [-0.15, -0.1) is 0 Å². The van der Waals surface area contributed by atoms with Gasteiger partial charge >= 0.3 is 0 Å². The van der Waals surface area contributed by atoms with Crippen LogP contribution >= 0.6 is 15.9 Å². The van der Waals surface area contributed by atoms with Gasteiger partial charge < -0.3 is 4.74 Å².